The van der Waals surface area contributed by atoms with Gasteiger partial charge in [0.2, 0.25) is 5.91 Å². The number of benzene rings is 1. The molecule has 148 valence electrons. The number of hydrogen-bond acceptors (Lipinski definition) is 4. The number of hydrogen-bond donors (Lipinski definition) is 1. The first-order chi connectivity index (χ1) is 14.0. The van der Waals surface area contributed by atoms with Crippen LogP contribution in [0.5, 0.6) is 0 Å². The molecule has 0 spiro atoms. The lowest BCUT2D eigenvalue weighted by Crippen LogP contribution is -2.25. The maximum Gasteiger partial charge on any atom is 0.253 e. The number of nitrogens with one attached hydrogen (secondary N) is 1. The van der Waals surface area contributed by atoms with Crippen molar-refractivity contribution in [3.8, 4) is 11.3 Å². The van der Waals surface area contributed by atoms with E-state index in [2.05, 4.69) is 15.3 Å². The molecular weight excluding hydrogens is 371 g/mol. The van der Waals surface area contributed by atoms with E-state index in [0.29, 0.717) is 35.5 Å². The predicted molar refractivity (Wildman–Crippen MR) is 109 cm³/mol. The van der Waals surface area contributed by atoms with E-state index < -0.39 is 5.82 Å². The molecule has 2 aromatic heterocycles. The Hall–Kier alpha value is -3.61. The van der Waals surface area contributed by atoms with Crippen LogP contribution < -0.4 is 10.2 Å². The van der Waals surface area contributed by atoms with Crippen LogP contribution in [-0.4, -0.2) is 28.8 Å². The van der Waals surface area contributed by atoms with E-state index in [9.17, 15) is 14.0 Å². The van der Waals surface area contributed by atoms with Crippen molar-refractivity contribution in [2.45, 2.75) is 19.9 Å². The van der Waals surface area contributed by atoms with Crippen LogP contribution in [0.3, 0.4) is 0 Å². The molecule has 0 saturated heterocycles. The van der Waals surface area contributed by atoms with Crippen molar-refractivity contribution in [3.05, 3.63) is 78.0 Å². The maximum atomic E-state index is 14.6. The van der Waals surface area contributed by atoms with Crippen LogP contribution in [0, 0.1) is 5.82 Å². The molecule has 29 heavy (non-hydrogen) atoms. The minimum absolute atomic E-state index is 0.100. The first-order valence-electron chi connectivity index (χ1n) is 9.19. The zero-order valence-corrected chi connectivity index (χ0v) is 16.2. The Balaban J connectivity index is 1.71. The Morgan fingerprint density at radius 1 is 1.14 bits per heavy atom. The average molecular weight is 392 g/mol. The Bertz CT molecular complexity index is 1010. The van der Waals surface area contributed by atoms with Gasteiger partial charge < -0.3 is 10.2 Å². The van der Waals surface area contributed by atoms with Crippen LogP contribution in [0.25, 0.3) is 11.3 Å². The number of anilines is 1. The van der Waals surface area contributed by atoms with Crippen molar-refractivity contribution in [1.82, 2.24) is 15.3 Å². The fourth-order valence-corrected chi connectivity index (χ4v) is 2.78. The summed E-state index contributed by atoms with van der Waals surface area (Å²) in [5, 5.41) is 2.79. The number of carbonyl (C=O) groups excluding carboxylic acids is 2. The third-order valence-electron chi connectivity index (χ3n) is 4.49. The van der Waals surface area contributed by atoms with Crippen LogP contribution in [0.15, 0.2) is 61.1 Å². The summed E-state index contributed by atoms with van der Waals surface area (Å²) in [6, 6.07) is 11.4. The predicted octanol–water partition coefficient (Wildman–Crippen LogP) is 3.59. The topological polar surface area (TPSA) is 75.2 Å². The summed E-state index contributed by atoms with van der Waals surface area (Å²) in [4.78, 5) is 33.7. The van der Waals surface area contributed by atoms with Crippen LogP contribution in [0.1, 0.15) is 29.3 Å². The molecule has 0 unspecified atom stereocenters. The number of amides is 2. The third kappa shape index (κ3) is 4.82. The molecule has 0 saturated carbocycles. The van der Waals surface area contributed by atoms with Gasteiger partial charge in [-0.25, -0.2) is 4.39 Å². The van der Waals surface area contributed by atoms with Crippen LogP contribution in [0.4, 0.5) is 10.1 Å². The molecule has 0 radical (unpaired) electrons. The second-order valence-corrected chi connectivity index (χ2v) is 6.45. The number of pyridine rings is 2. The van der Waals surface area contributed by atoms with Gasteiger partial charge >= 0.3 is 0 Å². The van der Waals surface area contributed by atoms with Gasteiger partial charge in [0.15, 0.2) is 0 Å². The lowest BCUT2D eigenvalue weighted by atomic mass is 10.1. The van der Waals surface area contributed by atoms with Gasteiger partial charge in [-0.3, -0.25) is 19.6 Å². The van der Waals surface area contributed by atoms with E-state index >= 15 is 0 Å². The Labute approximate surface area is 168 Å². The summed E-state index contributed by atoms with van der Waals surface area (Å²) >= 11 is 0. The molecule has 0 atom stereocenters. The molecule has 1 N–H and O–H groups in total. The highest BCUT2D eigenvalue weighted by Crippen LogP contribution is 2.25. The third-order valence-corrected chi connectivity index (χ3v) is 4.49. The van der Waals surface area contributed by atoms with Gasteiger partial charge in [-0.15, -0.1) is 0 Å². The number of halogens is 1. The lowest BCUT2D eigenvalue weighted by Gasteiger charge is -2.17. The van der Waals surface area contributed by atoms with Gasteiger partial charge in [-0.2, -0.15) is 0 Å². The molecule has 1 aromatic carbocycles. The zero-order chi connectivity index (χ0) is 20.8. The fourth-order valence-electron chi connectivity index (χ4n) is 2.78. The Kier molecular flexibility index (Phi) is 6.29. The Morgan fingerprint density at radius 3 is 2.59 bits per heavy atom. The van der Waals surface area contributed by atoms with Crippen molar-refractivity contribution < 1.29 is 14.0 Å². The van der Waals surface area contributed by atoms with Crippen molar-refractivity contribution in [2.75, 3.05) is 11.9 Å². The quantitative estimate of drug-likeness (QED) is 0.696. The van der Waals surface area contributed by atoms with Gasteiger partial charge in [0, 0.05) is 49.9 Å². The number of aromatic nitrogens is 2. The number of rotatable bonds is 6. The Morgan fingerprint density at radius 2 is 1.97 bits per heavy atom. The second kappa shape index (κ2) is 9.05. The number of nitrogens with zero attached hydrogens (tertiary/aromatic N) is 3. The molecule has 7 heteroatoms. The van der Waals surface area contributed by atoms with Gasteiger partial charge in [0.05, 0.1) is 11.3 Å². The second-order valence-electron chi connectivity index (χ2n) is 6.45. The molecule has 3 rings (SSSR count). The molecule has 0 aliphatic carbocycles. The van der Waals surface area contributed by atoms with Crippen LogP contribution >= 0.6 is 0 Å². The highest BCUT2D eigenvalue weighted by molar-refractivity contribution is 5.94. The first-order valence-corrected chi connectivity index (χ1v) is 9.19. The summed E-state index contributed by atoms with van der Waals surface area (Å²) in [5.74, 6) is -0.861. The van der Waals surface area contributed by atoms with Crippen LogP contribution in [-0.2, 0) is 11.3 Å². The lowest BCUT2D eigenvalue weighted by molar-refractivity contribution is -0.118. The van der Waals surface area contributed by atoms with Crippen molar-refractivity contribution >= 4 is 17.5 Å². The van der Waals surface area contributed by atoms with E-state index in [1.54, 1.807) is 56.7 Å². The van der Waals surface area contributed by atoms with Crippen molar-refractivity contribution in [3.63, 3.8) is 0 Å². The molecule has 0 fully saturated rings. The summed E-state index contributed by atoms with van der Waals surface area (Å²) < 4.78 is 14.6. The van der Waals surface area contributed by atoms with Gasteiger partial charge in [-0.1, -0.05) is 13.0 Å². The van der Waals surface area contributed by atoms with Crippen molar-refractivity contribution in [1.29, 1.82) is 0 Å². The molecule has 2 heterocycles. The van der Waals surface area contributed by atoms with Crippen LogP contribution in [0.2, 0.25) is 0 Å². The van der Waals surface area contributed by atoms with E-state index in [-0.39, 0.29) is 11.8 Å². The van der Waals surface area contributed by atoms with Gasteiger partial charge in [-0.05, 0) is 42.0 Å². The first kappa shape index (κ1) is 20.1. The molecule has 2 amide bonds. The maximum absolute atomic E-state index is 14.6. The minimum Gasteiger partial charge on any atom is -0.348 e. The van der Waals surface area contributed by atoms with E-state index in [4.69, 9.17) is 0 Å². The normalized spacial score (nSPS) is 10.4. The van der Waals surface area contributed by atoms with Gasteiger partial charge in [0.1, 0.15) is 5.82 Å². The molecule has 0 aliphatic heterocycles. The minimum atomic E-state index is -0.487. The standard InChI is InChI=1S/C22H21FN4O2/c1-3-21(28)27(2)17-7-8-18(19(23)11-17)20-9-6-16(14-25-20)22(29)26-13-15-5-4-10-24-12-15/h4-12,14H,3,13H2,1-2H3,(H,26,29). The summed E-state index contributed by atoms with van der Waals surface area (Å²) in [6.45, 7) is 2.11. The molecular formula is C22H21FN4O2. The SMILES string of the molecule is CCC(=O)N(C)c1ccc(-c2ccc(C(=O)NCc3cccnc3)cn2)c(F)c1. The van der Waals surface area contributed by atoms with Crippen molar-refractivity contribution in [2.24, 2.45) is 0 Å². The fraction of sp³-hybridized carbons (Fsp3) is 0.182. The van der Waals surface area contributed by atoms with Gasteiger partial charge in [0.25, 0.3) is 5.91 Å². The molecule has 0 aliphatic rings. The van der Waals surface area contributed by atoms with E-state index in [1.165, 1.54) is 17.2 Å². The number of carbonyl (C=O) groups is 2. The molecule has 6 nitrogen and oxygen atoms in total. The van der Waals surface area contributed by atoms with E-state index in [1.807, 2.05) is 6.07 Å². The summed E-state index contributed by atoms with van der Waals surface area (Å²) in [5.41, 5.74) is 2.45. The average Bonchev–Trinajstić information content (AvgIpc) is 2.77. The summed E-state index contributed by atoms with van der Waals surface area (Å²) in [7, 11) is 1.61. The highest BCUT2D eigenvalue weighted by atomic mass is 19.1. The smallest absolute Gasteiger partial charge is 0.253 e. The zero-order valence-electron chi connectivity index (χ0n) is 16.2. The molecule has 0 bridgehead atoms. The summed E-state index contributed by atoms with van der Waals surface area (Å²) in [6.07, 6.45) is 5.10. The highest BCUT2D eigenvalue weighted by Gasteiger charge is 2.14. The largest absolute Gasteiger partial charge is 0.348 e. The molecule has 3 aromatic rings. The van der Waals surface area contributed by atoms with E-state index in [0.717, 1.165) is 5.56 Å². The monoisotopic (exact) mass is 392 g/mol.